The fourth-order valence-corrected chi connectivity index (χ4v) is 3.53. The number of nitrogens with zero attached hydrogens (tertiary/aromatic N) is 2. The summed E-state index contributed by atoms with van der Waals surface area (Å²) in [5, 5.41) is 3.53. The molecule has 2 heterocycles. The number of allylic oxidation sites excluding steroid dienone is 3. The summed E-state index contributed by atoms with van der Waals surface area (Å²) < 4.78 is 80.3. The van der Waals surface area contributed by atoms with E-state index in [4.69, 9.17) is 9.47 Å². The molecule has 1 atom stereocenters. The molecule has 1 aromatic heterocycles. The van der Waals surface area contributed by atoms with Crippen LogP contribution in [0.25, 0.3) is 0 Å². The monoisotopic (exact) mass is 467 g/mol. The van der Waals surface area contributed by atoms with Gasteiger partial charge in [0.1, 0.15) is 5.70 Å². The van der Waals surface area contributed by atoms with Gasteiger partial charge in [-0.25, -0.2) is 22.7 Å². The van der Waals surface area contributed by atoms with Crippen LogP contribution in [-0.4, -0.2) is 62.8 Å². The fourth-order valence-electron chi connectivity index (χ4n) is 2.26. The number of urea groups is 1. The molecule has 170 valence electrons. The summed E-state index contributed by atoms with van der Waals surface area (Å²) in [6.45, 7) is 0. The van der Waals surface area contributed by atoms with E-state index in [0.717, 1.165) is 7.11 Å². The molecule has 1 aromatic rings. The van der Waals surface area contributed by atoms with Crippen LogP contribution >= 0.6 is 0 Å². The zero-order valence-electron chi connectivity index (χ0n) is 16.1. The van der Waals surface area contributed by atoms with E-state index >= 15 is 0 Å². The Balaban J connectivity index is 2.34. The van der Waals surface area contributed by atoms with Crippen molar-refractivity contribution in [3.8, 4) is 11.8 Å². The molecule has 1 aliphatic heterocycles. The Bertz CT molecular complexity index is 1020. The van der Waals surface area contributed by atoms with E-state index in [1.165, 1.54) is 25.0 Å². The van der Waals surface area contributed by atoms with E-state index in [0.29, 0.717) is 18.2 Å². The number of esters is 1. The lowest BCUT2D eigenvalue weighted by Crippen LogP contribution is -2.63. The van der Waals surface area contributed by atoms with Crippen LogP contribution in [0.1, 0.15) is 0 Å². The number of rotatable bonds is 6. The highest BCUT2D eigenvalue weighted by atomic mass is 32.2. The number of carbonyl (C=O) groups excluding carboxylic acids is 2. The lowest BCUT2D eigenvalue weighted by atomic mass is 10.1. The largest absolute Gasteiger partial charge is 0.481 e. The summed E-state index contributed by atoms with van der Waals surface area (Å²) in [5.74, 6) is -2.18. The molecule has 0 radical (unpaired) electrons. The van der Waals surface area contributed by atoms with Crippen molar-refractivity contribution in [2.24, 2.45) is 0 Å². The van der Waals surface area contributed by atoms with Crippen molar-refractivity contribution < 1.29 is 45.4 Å². The molecule has 12 nitrogen and oxygen atoms in total. The van der Waals surface area contributed by atoms with Gasteiger partial charge in [0.2, 0.25) is 17.7 Å². The number of aromatic nitrogens is 2. The fraction of sp³-hybridized carbons (Fsp3) is 0.333. The molecule has 0 saturated carbocycles. The predicted octanol–water partition coefficient (Wildman–Crippen LogP) is 0.420. The summed E-state index contributed by atoms with van der Waals surface area (Å²) in [4.78, 5) is 28.8. The Labute approximate surface area is 173 Å². The Morgan fingerprint density at radius 2 is 1.71 bits per heavy atom. The molecule has 0 aromatic carbocycles. The Morgan fingerprint density at radius 3 is 2.19 bits per heavy atom. The minimum absolute atomic E-state index is 0.0483. The number of alkyl halides is 3. The van der Waals surface area contributed by atoms with Gasteiger partial charge in [0.15, 0.2) is 0 Å². The smallest absolute Gasteiger partial charge is 0.430 e. The average molecular weight is 467 g/mol. The second-order valence-corrected chi connectivity index (χ2v) is 7.48. The second-order valence-electron chi connectivity index (χ2n) is 5.63. The molecule has 2 rings (SSSR count). The van der Waals surface area contributed by atoms with E-state index in [1.807, 2.05) is 5.32 Å². The number of nitrogens with one attached hydrogen (secondary N) is 3. The average Bonchev–Trinajstić information content (AvgIpc) is 2.71. The normalized spacial score (nSPS) is 18.3. The minimum atomic E-state index is -5.19. The van der Waals surface area contributed by atoms with Crippen molar-refractivity contribution in [2.45, 2.75) is 11.0 Å². The maximum absolute atomic E-state index is 13.1. The van der Waals surface area contributed by atoms with Gasteiger partial charge in [0.25, 0.3) is 14.9 Å². The van der Waals surface area contributed by atoms with Crippen molar-refractivity contribution in [1.82, 2.24) is 20.0 Å². The van der Waals surface area contributed by atoms with Gasteiger partial charge in [-0.3, -0.25) is 5.32 Å². The molecule has 1 unspecified atom stereocenters. The van der Waals surface area contributed by atoms with E-state index < -0.39 is 44.7 Å². The van der Waals surface area contributed by atoms with E-state index in [9.17, 15) is 31.2 Å². The summed E-state index contributed by atoms with van der Waals surface area (Å²) in [7, 11) is -1.93. The molecule has 3 N–H and O–H groups in total. The van der Waals surface area contributed by atoms with Crippen LogP contribution in [-0.2, 0) is 19.6 Å². The van der Waals surface area contributed by atoms with Gasteiger partial charge in [-0.2, -0.15) is 23.1 Å². The number of anilines is 1. The van der Waals surface area contributed by atoms with Gasteiger partial charge in [-0.15, -0.1) is 0 Å². The quantitative estimate of drug-likeness (QED) is 0.501. The maximum Gasteiger partial charge on any atom is 0.430 e. The number of amides is 2. The van der Waals surface area contributed by atoms with Crippen molar-refractivity contribution in [2.75, 3.05) is 26.6 Å². The number of halogens is 3. The highest BCUT2D eigenvalue weighted by Crippen LogP contribution is 2.31. The molecule has 31 heavy (non-hydrogen) atoms. The molecule has 0 bridgehead atoms. The van der Waals surface area contributed by atoms with Gasteiger partial charge < -0.3 is 19.5 Å². The third-order valence-electron chi connectivity index (χ3n) is 3.68. The molecule has 0 spiro atoms. The molecule has 0 aliphatic carbocycles. The number of dihydropyridines is 1. The Kier molecular flexibility index (Phi) is 6.63. The van der Waals surface area contributed by atoms with Gasteiger partial charge >= 0.3 is 18.2 Å². The second kappa shape index (κ2) is 8.66. The standard InChI is InChI=1S/C15H16F3N5O7S/c1-28-9-7-10(29-2)20-12(19-9)21-13(25)23-31(26,27)14(11(24)30-3)6-4-5-8(22-14)15(16,17)18/h4-7,22H,1-3H3,(H2,19,20,21,23,25). The molecule has 1 aliphatic rings. The Hall–Kier alpha value is -3.56. The zero-order valence-corrected chi connectivity index (χ0v) is 16.9. The van der Waals surface area contributed by atoms with Crippen LogP contribution in [0.2, 0.25) is 0 Å². The molecular weight excluding hydrogens is 451 g/mol. The molecule has 2 amide bonds. The topological polar surface area (TPSA) is 158 Å². The molecule has 16 heteroatoms. The molecule has 0 fully saturated rings. The van der Waals surface area contributed by atoms with Crippen LogP contribution in [0.3, 0.4) is 0 Å². The number of ether oxygens (including phenoxy) is 3. The van der Waals surface area contributed by atoms with E-state index in [1.54, 1.807) is 5.32 Å². The van der Waals surface area contributed by atoms with E-state index in [-0.39, 0.29) is 11.8 Å². The number of hydrogen-bond donors (Lipinski definition) is 3. The number of carbonyl (C=O) groups is 2. The summed E-state index contributed by atoms with van der Waals surface area (Å²) in [5.41, 5.74) is -1.55. The number of hydrogen-bond acceptors (Lipinski definition) is 10. The number of methoxy groups -OCH3 is 3. The summed E-state index contributed by atoms with van der Waals surface area (Å²) >= 11 is 0. The predicted molar refractivity (Wildman–Crippen MR) is 97.4 cm³/mol. The van der Waals surface area contributed by atoms with Crippen LogP contribution in [0.4, 0.5) is 23.9 Å². The van der Waals surface area contributed by atoms with Gasteiger partial charge in [0.05, 0.1) is 27.4 Å². The van der Waals surface area contributed by atoms with Crippen LogP contribution in [0, 0.1) is 0 Å². The van der Waals surface area contributed by atoms with E-state index in [2.05, 4.69) is 14.7 Å². The van der Waals surface area contributed by atoms with Gasteiger partial charge in [-0.1, -0.05) is 6.08 Å². The third kappa shape index (κ3) is 4.96. The van der Waals surface area contributed by atoms with Gasteiger partial charge in [-0.05, 0) is 12.2 Å². The van der Waals surface area contributed by atoms with Crippen molar-refractivity contribution >= 4 is 28.0 Å². The lowest BCUT2D eigenvalue weighted by Gasteiger charge is -2.32. The molecular formula is C15H16F3N5O7S. The van der Waals surface area contributed by atoms with Gasteiger partial charge in [0, 0.05) is 0 Å². The van der Waals surface area contributed by atoms with Crippen LogP contribution in [0.5, 0.6) is 11.8 Å². The van der Waals surface area contributed by atoms with Crippen molar-refractivity contribution in [3.63, 3.8) is 0 Å². The minimum Gasteiger partial charge on any atom is -0.481 e. The SMILES string of the molecule is COC(=O)C1(S(=O)(=O)NC(=O)Nc2nc(OC)cc(OC)n2)C=CC=C(C(F)(F)F)N1. The first kappa shape index (κ1) is 23.7. The summed E-state index contributed by atoms with van der Waals surface area (Å²) in [6, 6.07) is -0.231. The highest BCUT2D eigenvalue weighted by Gasteiger charge is 2.55. The third-order valence-corrected chi connectivity index (χ3v) is 5.39. The highest BCUT2D eigenvalue weighted by molar-refractivity contribution is 7.92. The van der Waals surface area contributed by atoms with Crippen LogP contribution < -0.4 is 24.8 Å². The number of sulfonamides is 1. The Morgan fingerprint density at radius 1 is 1.13 bits per heavy atom. The first-order chi connectivity index (χ1) is 14.4. The zero-order chi connectivity index (χ0) is 23.4. The van der Waals surface area contributed by atoms with Crippen LogP contribution in [0.15, 0.2) is 30.0 Å². The first-order valence-corrected chi connectivity index (χ1v) is 9.50. The first-order valence-electron chi connectivity index (χ1n) is 8.02. The maximum atomic E-state index is 13.1. The van der Waals surface area contributed by atoms with Crippen molar-refractivity contribution in [3.05, 3.63) is 30.0 Å². The summed E-state index contributed by atoms with van der Waals surface area (Å²) in [6.07, 6.45) is -3.24. The lowest BCUT2D eigenvalue weighted by molar-refractivity contribution is -0.144. The molecule has 0 saturated heterocycles. The van der Waals surface area contributed by atoms with Crippen molar-refractivity contribution in [1.29, 1.82) is 0 Å².